The number of ether oxygens (including phenoxy) is 2. The van der Waals surface area contributed by atoms with Crippen molar-refractivity contribution in [3.8, 4) is 17.2 Å². The van der Waals surface area contributed by atoms with Crippen LogP contribution in [0.4, 0.5) is 4.39 Å². The number of hydrogen-bond acceptors (Lipinski definition) is 3. The van der Waals surface area contributed by atoms with Crippen molar-refractivity contribution in [3.63, 3.8) is 0 Å². The summed E-state index contributed by atoms with van der Waals surface area (Å²) in [5.74, 6) is 0.538. The molecule has 0 aromatic heterocycles. The molecular weight excluding hydrogens is 259 g/mol. The highest BCUT2D eigenvalue weighted by Crippen LogP contribution is 2.28. The molecule has 0 aliphatic carbocycles. The minimum absolute atomic E-state index is 0.0651. The molecule has 0 saturated carbocycles. The Morgan fingerprint density at radius 2 is 1.80 bits per heavy atom. The van der Waals surface area contributed by atoms with E-state index in [0.717, 1.165) is 12.2 Å². The van der Waals surface area contributed by atoms with Gasteiger partial charge < -0.3 is 9.47 Å². The van der Waals surface area contributed by atoms with Gasteiger partial charge in [0.2, 0.25) is 0 Å². The van der Waals surface area contributed by atoms with Crippen LogP contribution < -0.4 is 9.47 Å². The maximum atomic E-state index is 13.7. The van der Waals surface area contributed by atoms with Crippen LogP contribution in [0.3, 0.4) is 0 Å². The zero-order valence-corrected chi connectivity index (χ0v) is 11.1. The molecule has 0 spiro atoms. The van der Waals surface area contributed by atoms with Crippen LogP contribution in [-0.4, -0.2) is 12.9 Å². The van der Waals surface area contributed by atoms with Crippen molar-refractivity contribution in [3.05, 3.63) is 53.8 Å². The second-order valence-electron chi connectivity index (χ2n) is 4.20. The van der Waals surface area contributed by atoms with Gasteiger partial charge in [-0.1, -0.05) is 13.0 Å². The Kier molecular flexibility index (Phi) is 4.71. The number of benzene rings is 2. The molecule has 0 unspecified atom stereocenters. The van der Waals surface area contributed by atoms with Gasteiger partial charge in [-0.25, -0.2) is 4.39 Å². The van der Waals surface area contributed by atoms with E-state index in [1.165, 1.54) is 18.2 Å². The number of halogens is 1. The molecule has 0 atom stereocenters. The van der Waals surface area contributed by atoms with Gasteiger partial charge in [0.1, 0.15) is 11.5 Å². The van der Waals surface area contributed by atoms with E-state index in [1.54, 1.807) is 24.3 Å². The number of aldehydes is 1. The lowest BCUT2D eigenvalue weighted by molar-refractivity contribution is 0.112. The molecule has 0 amide bonds. The molecule has 0 fully saturated rings. The smallest absolute Gasteiger partial charge is 0.173 e. The average Bonchev–Trinajstić information content (AvgIpc) is 2.48. The van der Waals surface area contributed by atoms with Crippen LogP contribution in [-0.2, 0) is 0 Å². The van der Waals surface area contributed by atoms with Gasteiger partial charge in [-0.15, -0.1) is 0 Å². The Balaban J connectivity index is 2.16. The van der Waals surface area contributed by atoms with Gasteiger partial charge in [0, 0.05) is 0 Å². The van der Waals surface area contributed by atoms with Crippen LogP contribution in [0.25, 0.3) is 0 Å². The third-order valence-corrected chi connectivity index (χ3v) is 2.64. The third kappa shape index (κ3) is 3.35. The number of carbonyl (C=O) groups is 1. The zero-order chi connectivity index (χ0) is 14.4. The summed E-state index contributed by atoms with van der Waals surface area (Å²) in [6.45, 7) is 2.67. The number of hydrogen-bond donors (Lipinski definition) is 0. The molecule has 2 aromatic rings. The quantitative estimate of drug-likeness (QED) is 0.740. The summed E-state index contributed by atoms with van der Waals surface area (Å²) in [5.41, 5.74) is 0.177. The van der Waals surface area contributed by atoms with E-state index in [2.05, 4.69) is 0 Å². The van der Waals surface area contributed by atoms with E-state index >= 15 is 0 Å². The first-order valence-electron chi connectivity index (χ1n) is 6.39. The van der Waals surface area contributed by atoms with Crippen LogP contribution in [0.5, 0.6) is 17.2 Å². The summed E-state index contributed by atoms with van der Waals surface area (Å²) in [6, 6.07) is 11.1. The van der Waals surface area contributed by atoms with E-state index in [1.807, 2.05) is 6.92 Å². The molecular formula is C16H15FO3. The fraction of sp³-hybridized carbons (Fsp3) is 0.188. The van der Waals surface area contributed by atoms with Crippen LogP contribution in [0.15, 0.2) is 42.5 Å². The van der Waals surface area contributed by atoms with E-state index < -0.39 is 5.82 Å². The van der Waals surface area contributed by atoms with Crippen LogP contribution >= 0.6 is 0 Å². The second kappa shape index (κ2) is 6.70. The summed E-state index contributed by atoms with van der Waals surface area (Å²) >= 11 is 0. The molecule has 2 rings (SSSR count). The van der Waals surface area contributed by atoms with Gasteiger partial charge in [-0.3, -0.25) is 4.79 Å². The monoisotopic (exact) mass is 274 g/mol. The van der Waals surface area contributed by atoms with E-state index in [-0.39, 0.29) is 11.3 Å². The predicted octanol–water partition coefficient (Wildman–Crippen LogP) is 4.22. The normalized spacial score (nSPS) is 10.1. The SMILES string of the molecule is CCCOc1ccc(Oc2c(F)cccc2C=O)cc1. The Morgan fingerprint density at radius 3 is 2.45 bits per heavy atom. The molecule has 4 heteroatoms. The Bertz CT molecular complexity index is 579. The standard InChI is InChI=1S/C16H15FO3/c1-2-10-19-13-6-8-14(9-7-13)20-16-12(11-18)4-3-5-15(16)17/h3-9,11H,2,10H2,1H3. The van der Waals surface area contributed by atoms with Gasteiger partial charge >= 0.3 is 0 Å². The van der Waals surface area contributed by atoms with Crippen molar-refractivity contribution in [2.75, 3.05) is 6.61 Å². The third-order valence-electron chi connectivity index (χ3n) is 2.64. The largest absolute Gasteiger partial charge is 0.494 e. The van der Waals surface area contributed by atoms with Crippen molar-refractivity contribution in [2.45, 2.75) is 13.3 Å². The minimum atomic E-state index is -0.569. The van der Waals surface area contributed by atoms with Crippen molar-refractivity contribution in [1.29, 1.82) is 0 Å². The average molecular weight is 274 g/mol. The fourth-order valence-corrected chi connectivity index (χ4v) is 1.67. The molecule has 0 radical (unpaired) electrons. The van der Waals surface area contributed by atoms with Gasteiger partial charge in [-0.2, -0.15) is 0 Å². The van der Waals surface area contributed by atoms with Crippen LogP contribution in [0, 0.1) is 5.82 Å². The van der Waals surface area contributed by atoms with Crippen molar-refractivity contribution >= 4 is 6.29 Å². The first kappa shape index (κ1) is 14.1. The molecule has 2 aromatic carbocycles. The summed E-state index contributed by atoms with van der Waals surface area (Å²) in [7, 11) is 0. The van der Waals surface area contributed by atoms with E-state index in [4.69, 9.17) is 9.47 Å². The van der Waals surface area contributed by atoms with Crippen LogP contribution in [0.1, 0.15) is 23.7 Å². The number of rotatable bonds is 6. The summed E-state index contributed by atoms with van der Waals surface area (Å²) in [5, 5.41) is 0. The highest BCUT2D eigenvalue weighted by molar-refractivity contribution is 5.79. The fourth-order valence-electron chi connectivity index (χ4n) is 1.67. The van der Waals surface area contributed by atoms with E-state index in [0.29, 0.717) is 18.6 Å². The van der Waals surface area contributed by atoms with Gasteiger partial charge in [-0.05, 0) is 42.8 Å². The topological polar surface area (TPSA) is 35.5 Å². The summed E-state index contributed by atoms with van der Waals surface area (Å²) in [6.07, 6.45) is 1.49. The first-order valence-corrected chi connectivity index (χ1v) is 6.39. The highest BCUT2D eigenvalue weighted by Gasteiger charge is 2.10. The Morgan fingerprint density at radius 1 is 1.10 bits per heavy atom. The molecule has 0 saturated heterocycles. The molecule has 0 aliphatic heterocycles. The molecule has 104 valence electrons. The lowest BCUT2D eigenvalue weighted by Crippen LogP contribution is -1.96. The van der Waals surface area contributed by atoms with Gasteiger partial charge in [0.25, 0.3) is 0 Å². The number of carbonyl (C=O) groups excluding carboxylic acids is 1. The van der Waals surface area contributed by atoms with Crippen molar-refractivity contribution in [1.82, 2.24) is 0 Å². The Hall–Kier alpha value is -2.36. The molecule has 0 bridgehead atoms. The zero-order valence-electron chi connectivity index (χ0n) is 11.1. The first-order chi connectivity index (χ1) is 9.74. The molecule has 0 aliphatic rings. The van der Waals surface area contributed by atoms with Crippen molar-refractivity contribution < 1.29 is 18.7 Å². The maximum absolute atomic E-state index is 13.7. The minimum Gasteiger partial charge on any atom is -0.494 e. The summed E-state index contributed by atoms with van der Waals surface area (Å²) in [4.78, 5) is 10.9. The van der Waals surface area contributed by atoms with Gasteiger partial charge in [0.15, 0.2) is 17.9 Å². The highest BCUT2D eigenvalue weighted by atomic mass is 19.1. The predicted molar refractivity (Wildman–Crippen MR) is 74.1 cm³/mol. The second-order valence-corrected chi connectivity index (χ2v) is 4.20. The molecule has 0 heterocycles. The molecule has 20 heavy (non-hydrogen) atoms. The lowest BCUT2D eigenvalue weighted by Gasteiger charge is -2.10. The maximum Gasteiger partial charge on any atom is 0.173 e. The van der Waals surface area contributed by atoms with E-state index in [9.17, 15) is 9.18 Å². The summed E-state index contributed by atoms with van der Waals surface area (Å²) < 4.78 is 24.5. The molecule has 3 nitrogen and oxygen atoms in total. The Labute approximate surface area is 117 Å². The van der Waals surface area contributed by atoms with Crippen LogP contribution in [0.2, 0.25) is 0 Å². The number of para-hydroxylation sites is 1. The van der Waals surface area contributed by atoms with Gasteiger partial charge in [0.05, 0.1) is 12.2 Å². The lowest BCUT2D eigenvalue weighted by atomic mass is 10.2. The molecule has 0 N–H and O–H groups in total. The van der Waals surface area contributed by atoms with Crippen molar-refractivity contribution in [2.24, 2.45) is 0 Å².